The number of aryl methyl sites for hydroxylation is 1. The number of esters is 1. The monoisotopic (exact) mass is 469 g/mol. The van der Waals surface area contributed by atoms with Crippen molar-refractivity contribution < 1.29 is 18.7 Å². The summed E-state index contributed by atoms with van der Waals surface area (Å²) in [6.45, 7) is 3.38. The van der Waals surface area contributed by atoms with Crippen LogP contribution in [0.15, 0.2) is 72.8 Å². The number of nitrogens with one attached hydrogen (secondary N) is 1. The normalized spacial score (nSPS) is 12.9. The molecule has 0 spiro atoms. The lowest BCUT2D eigenvalue weighted by atomic mass is 10.0. The average Bonchev–Trinajstić information content (AvgIpc) is 3.62. The van der Waals surface area contributed by atoms with Gasteiger partial charge in [0.05, 0.1) is 22.5 Å². The molecule has 0 atom stereocenters. The first-order valence-electron chi connectivity index (χ1n) is 11.5. The van der Waals surface area contributed by atoms with Crippen LogP contribution in [0.25, 0.3) is 16.8 Å². The van der Waals surface area contributed by atoms with E-state index >= 15 is 0 Å². The molecule has 0 radical (unpaired) electrons. The van der Waals surface area contributed by atoms with Crippen molar-refractivity contribution in [2.75, 3.05) is 5.32 Å². The third-order valence-corrected chi connectivity index (χ3v) is 5.90. The van der Waals surface area contributed by atoms with Gasteiger partial charge in [0.25, 0.3) is 5.91 Å². The average molecular weight is 470 g/mol. The minimum atomic E-state index is -0.578. The molecule has 1 saturated carbocycles. The maximum atomic E-state index is 14.0. The summed E-state index contributed by atoms with van der Waals surface area (Å²) in [6.07, 6.45) is 2.04. The van der Waals surface area contributed by atoms with Gasteiger partial charge in [-0.1, -0.05) is 42.0 Å². The minimum Gasteiger partial charge on any atom is -0.407 e. The van der Waals surface area contributed by atoms with E-state index in [1.807, 2.05) is 43.3 Å². The highest BCUT2D eigenvalue weighted by Gasteiger charge is 2.34. The van der Waals surface area contributed by atoms with Crippen LogP contribution in [0.1, 0.15) is 47.3 Å². The highest BCUT2D eigenvalue weighted by molar-refractivity contribution is 6.04. The number of rotatable bonds is 6. The fraction of sp³-hybridized carbons (Fsp3) is 0.179. The second-order valence-electron chi connectivity index (χ2n) is 8.69. The van der Waals surface area contributed by atoms with Crippen molar-refractivity contribution in [3.05, 3.63) is 95.4 Å². The highest BCUT2D eigenvalue weighted by atomic mass is 19.1. The van der Waals surface area contributed by atoms with Gasteiger partial charge in [0.2, 0.25) is 5.88 Å². The topological polar surface area (TPSA) is 73.2 Å². The second-order valence-corrected chi connectivity index (χ2v) is 8.69. The van der Waals surface area contributed by atoms with Crippen molar-refractivity contribution in [2.24, 2.45) is 0 Å². The Morgan fingerprint density at radius 2 is 1.69 bits per heavy atom. The Bertz CT molecular complexity index is 1400. The van der Waals surface area contributed by atoms with Gasteiger partial charge in [0.1, 0.15) is 5.82 Å². The molecule has 1 aromatic heterocycles. The summed E-state index contributed by atoms with van der Waals surface area (Å²) in [4.78, 5) is 24.5. The highest BCUT2D eigenvalue weighted by Crippen LogP contribution is 2.48. The molecule has 1 fully saturated rings. The van der Waals surface area contributed by atoms with Crippen LogP contribution in [0.3, 0.4) is 0 Å². The Balaban J connectivity index is 1.52. The van der Waals surface area contributed by atoms with Crippen LogP contribution in [-0.4, -0.2) is 21.7 Å². The van der Waals surface area contributed by atoms with Crippen LogP contribution in [0.5, 0.6) is 5.88 Å². The summed E-state index contributed by atoms with van der Waals surface area (Å²) in [5.41, 5.74) is 4.86. The van der Waals surface area contributed by atoms with Gasteiger partial charge in [0, 0.05) is 18.5 Å². The van der Waals surface area contributed by atoms with E-state index in [1.165, 1.54) is 25.1 Å². The lowest BCUT2D eigenvalue weighted by Crippen LogP contribution is -2.13. The zero-order valence-corrected chi connectivity index (χ0v) is 19.4. The molecular formula is C28H24FN3O3. The summed E-state index contributed by atoms with van der Waals surface area (Å²) < 4.78 is 21.3. The first kappa shape index (κ1) is 22.5. The zero-order valence-electron chi connectivity index (χ0n) is 19.4. The van der Waals surface area contributed by atoms with Crippen LogP contribution < -0.4 is 10.1 Å². The number of amides is 1. The Labute approximate surface area is 202 Å². The van der Waals surface area contributed by atoms with E-state index < -0.39 is 17.7 Å². The minimum absolute atomic E-state index is 0.0240. The molecule has 0 saturated heterocycles. The molecule has 6 nitrogen and oxygen atoms in total. The SMILES string of the molecule is CC(=O)Oc1c(-c2ccc(NC(=O)c3ccccc3F)cc2)c(C2CC2)nn1-c1ccc(C)cc1. The Kier molecular flexibility index (Phi) is 5.91. The number of anilines is 1. The standard InChI is InChI=1S/C28H24FN3O3/c1-17-7-15-22(16-8-17)32-28(35-18(2)33)25(26(31-32)20-9-10-20)19-11-13-21(14-12-19)30-27(34)23-5-3-4-6-24(23)29/h3-8,11-16,20H,9-10H2,1-2H3,(H,30,34). The largest absolute Gasteiger partial charge is 0.407 e. The van der Waals surface area contributed by atoms with Crippen LogP contribution in [0, 0.1) is 12.7 Å². The summed E-state index contributed by atoms with van der Waals surface area (Å²) in [7, 11) is 0. The van der Waals surface area contributed by atoms with E-state index in [1.54, 1.807) is 22.9 Å². The molecule has 4 aromatic rings. The molecule has 1 aliphatic carbocycles. The third kappa shape index (κ3) is 4.71. The van der Waals surface area contributed by atoms with Crippen molar-refractivity contribution in [3.63, 3.8) is 0 Å². The lowest BCUT2D eigenvalue weighted by molar-refractivity contribution is -0.132. The molecule has 3 aromatic carbocycles. The van der Waals surface area contributed by atoms with E-state index in [4.69, 9.17) is 9.84 Å². The number of hydrogen-bond donors (Lipinski definition) is 1. The van der Waals surface area contributed by atoms with Gasteiger partial charge in [-0.15, -0.1) is 0 Å². The Hall–Kier alpha value is -4.26. The van der Waals surface area contributed by atoms with Gasteiger partial charge in [0.15, 0.2) is 0 Å². The Morgan fingerprint density at radius 3 is 2.31 bits per heavy atom. The maximum absolute atomic E-state index is 14.0. The van der Waals surface area contributed by atoms with E-state index in [9.17, 15) is 14.0 Å². The molecule has 176 valence electrons. The number of halogens is 1. The summed E-state index contributed by atoms with van der Waals surface area (Å²) in [5, 5.41) is 7.58. The molecule has 7 heteroatoms. The molecule has 1 heterocycles. The molecule has 5 rings (SSSR count). The fourth-order valence-electron chi connectivity index (χ4n) is 3.99. The van der Waals surface area contributed by atoms with Crippen molar-refractivity contribution in [2.45, 2.75) is 32.6 Å². The van der Waals surface area contributed by atoms with E-state index in [0.29, 0.717) is 17.5 Å². The van der Waals surface area contributed by atoms with Crippen molar-refractivity contribution in [1.82, 2.24) is 9.78 Å². The molecule has 1 N–H and O–H groups in total. The van der Waals surface area contributed by atoms with Crippen LogP contribution in [-0.2, 0) is 4.79 Å². The third-order valence-electron chi connectivity index (χ3n) is 5.90. The molecule has 0 bridgehead atoms. The number of hydrogen-bond acceptors (Lipinski definition) is 4. The number of carbonyl (C=O) groups is 2. The van der Waals surface area contributed by atoms with Gasteiger partial charge in [-0.25, -0.2) is 4.39 Å². The first-order valence-corrected chi connectivity index (χ1v) is 11.5. The number of carbonyl (C=O) groups excluding carboxylic acids is 2. The predicted molar refractivity (Wildman–Crippen MR) is 131 cm³/mol. The quantitative estimate of drug-likeness (QED) is 0.349. The smallest absolute Gasteiger partial charge is 0.309 e. The van der Waals surface area contributed by atoms with E-state index in [-0.39, 0.29) is 5.56 Å². The number of ether oxygens (including phenoxy) is 1. The number of benzene rings is 3. The molecule has 0 unspecified atom stereocenters. The van der Waals surface area contributed by atoms with E-state index in [2.05, 4.69) is 5.32 Å². The number of aromatic nitrogens is 2. The lowest BCUT2D eigenvalue weighted by Gasteiger charge is -2.11. The van der Waals surface area contributed by atoms with Gasteiger partial charge >= 0.3 is 5.97 Å². The second kappa shape index (κ2) is 9.18. The summed E-state index contributed by atoms with van der Waals surface area (Å²) >= 11 is 0. The Morgan fingerprint density at radius 1 is 1.00 bits per heavy atom. The zero-order chi connectivity index (χ0) is 24.5. The summed E-state index contributed by atoms with van der Waals surface area (Å²) in [5.74, 6) is -0.874. The fourth-order valence-corrected chi connectivity index (χ4v) is 3.99. The van der Waals surface area contributed by atoms with Crippen molar-refractivity contribution >= 4 is 17.6 Å². The van der Waals surface area contributed by atoms with E-state index in [0.717, 1.165) is 40.9 Å². The van der Waals surface area contributed by atoms with Crippen molar-refractivity contribution in [3.8, 4) is 22.7 Å². The molecular weight excluding hydrogens is 445 g/mol. The van der Waals surface area contributed by atoms with Crippen molar-refractivity contribution in [1.29, 1.82) is 0 Å². The van der Waals surface area contributed by atoms with Crippen LogP contribution >= 0.6 is 0 Å². The number of nitrogens with zero attached hydrogens (tertiary/aromatic N) is 2. The molecule has 1 aliphatic rings. The molecule has 0 aliphatic heterocycles. The maximum Gasteiger partial charge on any atom is 0.309 e. The van der Waals surface area contributed by atoms with Gasteiger partial charge in [-0.05, 0) is 61.7 Å². The van der Waals surface area contributed by atoms with Crippen LogP contribution in [0.4, 0.5) is 10.1 Å². The summed E-state index contributed by atoms with van der Waals surface area (Å²) in [6, 6.07) is 20.9. The molecule has 1 amide bonds. The van der Waals surface area contributed by atoms with Gasteiger partial charge in [-0.2, -0.15) is 9.78 Å². The van der Waals surface area contributed by atoms with Gasteiger partial charge in [-0.3, -0.25) is 9.59 Å². The van der Waals surface area contributed by atoms with Crippen LogP contribution in [0.2, 0.25) is 0 Å². The predicted octanol–water partition coefficient (Wildman–Crippen LogP) is 6.04. The van der Waals surface area contributed by atoms with Gasteiger partial charge < -0.3 is 10.1 Å². The first-order chi connectivity index (χ1) is 16.9. The molecule has 35 heavy (non-hydrogen) atoms.